The Hall–Kier alpha value is -2.66. The number of allylic oxidation sites excluding steroid dienone is 12. The van der Waals surface area contributed by atoms with Crippen LogP contribution in [0.25, 0.3) is 0 Å². The molecular formula is C45H76O5. The van der Waals surface area contributed by atoms with Gasteiger partial charge in [0.1, 0.15) is 6.61 Å². The summed E-state index contributed by atoms with van der Waals surface area (Å²) in [6.45, 7) is 3.99. The SMILES string of the molecule is CC/C=C\C/C=C\C/C=C\C/C=C\C/C=C\C/C=C\CCCCCCC(=O)OC(CO)COC(=O)CCCCCCCCCCCCCCC. The number of carbonyl (C=O) groups is 2. The van der Waals surface area contributed by atoms with E-state index in [1.807, 2.05) is 0 Å². The summed E-state index contributed by atoms with van der Waals surface area (Å²) in [5.74, 6) is -0.622. The third-order valence-corrected chi connectivity index (χ3v) is 8.51. The molecule has 0 spiro atoms. The van der Waals surface area contributed by atoms with Crippen molar-refractivity contribution in [2.45, 2.75) is 187 Å². The molecule has 0 amide bonds. The molecule has 0 fully saturated rings. The first kappa shape index (κ1) is 47.3. The summed E-state index contributed by atoms with van der Waals surface area (Å²) in [5.41, 5.74) is 0. The summed E-state index contributed by atoms with van der Waals surface area (Å²) >= 11 is 0. The van der Waals surface area contributed by atoms with Gasteiger partial charge in [-0.25, -0.2) is 0 Å². The van der Waals surface area contributed by atoms with Gasteiger partial charge in [-0.2, -0.15) is 0 Å². The zero-order valence-corrected chi connectivity index (χ0v) is 32.4. The number of hydrogen-bond donors (Lipinski definition) is 1. The fourth-order valence-corrected chi connectivity index (χ4v) is 5.44. The van der Waals surface area contributed by atoms with Gasteiger partial charge in [-0.15, -0.1) is 0 Å². The van der Waals surface area contributed by atoms with Crippen molar-refractivity contribution < 1.29 is 24.2 Å². The fourth-order valence-electron chi connectivity index (χ4n) is 5.44. The lowest BCUT2D eigenvalue weighted by molar-refractivity contribution is -0.161. The number of aliphatic hydroxyl groups is 1. The Labute approximate surface area is 308 Å². The predicted octanol–water partition coefficient (Wildman–Crippen LogP) is 13.0. The predicted molar refractivity (Wildman–Crippen MR) is 214 cm³/mol. The maximum atomic E-state index is 12.2. The Morgan fingerprint density at radius 3 is 1.30 bits per heavy atom. The molecule has 0 aliphatic heterocycles. The zero-order chi connectivity index (χ0) is 36.4. The van der Waals surface area contributed by atoms with Crippen molar-refractivity contribution in [1.82, 2.24) is 0 Å². The number of ether oxygens (including phenoxy) is 2. The molecule has 5 nitrogen and oxygen atoms in total. The highest BCUT2D eigenvalue weighted by Gasteiger charge is 2.16. The van der Waals surface area contributed by atoms with Gasteiger partial charge in [-0.1, -0.05) is 177 Å². The number of carbonyl (C=O) groups excluding carboxylic acids is 2. The van der Waals surface area contributed by atoms with Gasteiger partial charge in [0, 0.05) is 12.8 Å². The first-order valence-corrected chi connectivity index (χ1v) is 20.5. The van der Waals surface area contributed by atoms with Crippen LogP contribution in [-0.2, 0) is 19.1 Å². The largest absolute Gasteiger partial charge is 0.462 e. The second kappa shape index (κ2) is 40.8. The molecule has 0 radical (unpaired) electrons. The van der Waals surface area contributed by atoms with Crippen LogP contribution in [0.2, 0.25) is 0 Å². The first-order chi connectivity index (χ1) is 24.6. The summed E-state index contributed by atoms with van der Waals surface area (Å²) in [5, 5.41) is 9.56. The summed E-state index contributed by atoms with van der Waals surface area (Å²) in [6, 6.07) is 0. The van der Waals surface area contributed by atoms with Crippen LogP contribution in [0.1, 0.15) is 181 Å². The van der Waals surface area contributed by atoms with Gasteiger partial charge in [0.05, 0.1) is 6.61 Å². The topological polar surface area (TPSA) is 72.8 Å². The fraction of sp³-hybridized carbons (Fsp3) is 0.689. The van der Waals surface area contributed by atoms with Gasteiger partial charge in [-0.05, 0) is 64.2 Å². The van der Waals surface area contributed by atoms with Crippen LogP contribution in [0.15, 0.2) is 72.9 Å². The van der Waals surface area contributed by atoms with Gasteiger partial charge in [0.2, 0.25) is 0 Å². The average molecular weight is 697 g/mol. The Balaban J connectivity index is 3.65. The van der Waals surface area contributed by atoms with Crippen LogP contribution >= 0.6 is 0 Å². The van der Waals surface area contributed by atoms with Crippen molar-refractivity contribution in [3.05, 3.63) is 72.9 Å². The molecule has 0 bridgehead atoms. The van der Waals surface area contributed by atoms with E-state index in [4.69, 9.17) is 9.47 Å². The van der Waals surface area contributed by atoms with E-state index < -0.39 is 6.10 Å². The highest BCUT2D eigenvalue weighted by atomic mass is 16.6. The Morgan fingerprint density at radius 1 is 0.480 bits per heavy atom. The van der Waals surface area contributed by atoms with Gasteiger partial charge >= 0.3 is 11.9 Å². The molecule has 1 N–H and O–H groups in total. The molecule has 50 heavy (non-hydrogen) atoms. The summed E-state index contributed by atoms with van der Waals surface area (Å²) in [7, 11) is 0. The molecule has 0 aromatic carbocycles. The molecule has 286 valence electrons. The lowest BCUT2D eigenvalue weighted by atomic mass is 10.0. The van der Waals surface area contributed by atoms with Crippen LogP contribution in [0.5, 0.6) is 0 Å². The van der Waals surface area contributed by atoms with Gasteiger partial charge < -0.3 is 14.6 Å². The number of esters is 2. The summed E-state index contributed by atoms with van der Waals surface area (Å²) in [4.78, 5) is 24.3. The minimum atomic E-state index is -0.786. The van der Waals surface area contributed by atoms with Crippen LogP contribution in [0.3, 0.4) is 0 Å². The summed E-state index contributed by atoms with van der Waals surface area (Å²) < 4.78 is 10.6. The molecule has 0 heterocycles. The molecule has 0 aliphatic rings. The smallest absolute Gasteiger partial charge is 0.306 e. The van der Waals surface area contributed by atoms with Crippen molar-refractivity contribution in [2.24, 2.45) is 0 Å². The van der Waals surface area contributed by atoms with Crippen molar-refractivity contribution in [3.63, 3.8) is 0 Å². The normalized spacial score (nSPS) is 12.9. The minimum absolute atomic E-state index is 0.0779. The molecule has 0 aromatic heterocycles. The van der Waals surface area contributed by atoms with E-state index in [1.165, 1.54) is 64.2 Å². The second-order valence-electron chi connectivity index (χ2n) is 13.3. The highest BCUT2D eigenvalue weighted by Crippen LogP contribution is 2.13. The van der Waals surface area contributed by atoms with Gasteiger partial charge in [0.25, 0.3) is 0 Å². The maximum absolute atomic E-state index is 12.2. The molecule has 1 unspecified atom stereocenters. The molecule has 0 rings (SSSR count). The summed E-state index contributed by atoms with van der Waals surface area (Å²) in [6.07, 6.45) is 53.9. The Morgan fingerprint density at radius 2 is 0.860 bits per heavy atom. The first-order valence-electron chi connectivity index (χ1n) is 20.5. The monoisotopic (exact) mass is 697 g/mol. The number of aliphatic hydroxyl groups excluding tert-OH is 1. The molecular weight excluding hydrogens is 620 g/mol. The van der Waals surface area contributed by atoms with E-state index in [0.717, 1.165) is 89.9 Å². The molecule has 1 atom stereocenters. The number of rotatable bonds is 36. The average Bonchev–Trinajstić information content (AvgIpc) is 3.12. The van der Waals surface area contributed by atoms with Crippen molar-refractivity contribution in [3.8, 4) is 0 Å². The van der Waals surface area contributed by atoms with E-state index in [0.29, 0.717) is 12.8 Å². The maximum Gasteiger partial charge on any atom is 0.306 e. The third kappa shape index (κ3) is 38.1. The van der Waals surface area contributed by atoms with E-state index in [2.05, 4.69) is 86.8 Å². The van der Waals surface area contributed by atoms with Gasteiger partial charge in [0.15, 0.2) is 6.10 Å². The molecule has 0 saturated carbocycles. The third-order valence-electron chi connectivity index (χ3n) is 8.51. The lowest BCUT2D eigenvalue weighted by Crippen LogP contribution is -2.28. The number of hydrogen-bond acceptors (Lipinski definition) is 5. The minimum Gasteiger partial charge on any atom is -0.462 e. The molecule has 5 heteroatoms. The van der Waals surface area contributed by atoms with E-state index in [9.17, 15) is 14.7 Å². The molecule has 0 aromatic rings. The number of unbranched alkanes of at least 4 members (excludes halogenated alkanes) is 16. The van der Waals surface area contributed by atoms with Crippen LogP contribution in [0.4, 0.5) is 0 Å². The van der Waals surface area contributed by atoms with Crippen LogP contribution < -0.4 is 0 Å². The Bertz CT molecular complexity index is 926. The van der Waals surface area contributed by atoms with Crippen LogP contribution in [-0.4, -0.2) is 36.4 Å². The van der Waals surface area contributed by atoms with Crippen molar-refractivity contribution in [1.29, 1.82) is 0 Å². The zero-order valence-electron chi connectivity index (χ0n) is 32.4. The van der Waals surface area contributed by atoms with E-state index in [-0.39, 0.29) is 25.2 Å². The van der Waals surface area contributed by atoms with E-state index in [1.54, 1.807) is 0 Å². The molecule has 0 saturated heterocycles. The second-order valence-corrected chi connectivity index (χ2v) is 13.3. The van der Waals surface area contributed by atoms with Gasteiger partial charge in [-0.3, -0.25) is 9.59 Å². The molecule has 0 aliphatic carbocycles. The lowest BCUT2D eigenvalue weighted by Gasteiger charge is -2.15. The Kier molecular flexibility index (Phi) is 38.6. The quantitative estimate of drug-likeness (QED) is 0.0401. The van der Waals surface area contributed by atoms with Crippen molar-refractivity contribution >= 4 is 11.9 Å². The van der Waals surface area contributed by atoms with Crippen molar-refractivity contribution in [2.75, 3.05) is 13.2 Å². The standard InChI is InChI=1S/C45H76O5/c1-3-5-7-9-11-13-15-17-18-19-20-21-22-23-24-25-26-28-30-32-34-36-38-40-45(48)50-43(41-46)42-49-44(47)39-37-35-33-31-29-27-16-14-12-10-8-6-4-2/h5,7,11,13,17-18,20-21,23-24,26,28,43,46H,3-4,6,8-10,12,14-16,19,22,25,27,29-42H2,1-2H3/b7-5-,13-11-,18-17-,21-20-,24-23-,28-26-. The van der Waals surface area contributed by atoms with Crippen LogP contribution in [0, 0.1) is 0 Å². The highest BCUT2D eigenvalue weighted by molar-refractivity contribution is 5.70. The van der Waals surface area contributed by atoms with E-state index >= 15 is 0 Å².